The Kier molecular flexibility index (Phi) is 4.81. The standard InChI is InChI=1S/C13H13BrN4S/c1-2-12-16-17-13(19)18(12)15-9-11(14)8-10-6-4-3-5-7-10/h3-9H,2H2,1H3,(H,17,19)/b11-8-,15-9-. The van der Waals surface area contributed by atoms with Gasteiger partial charge in [0, 0.05) is 10.9 Å². The molecule has 1 aromatic carbocycles. The van der Waals surface area contributed by atoms with Gasteiger partial charge in [0.05, 0.1) is 6.21 Å². The molecule has 0 amide bonds. The van der Waals surface area contributed by atoms with Crippen molar-refractivity contribution in [2.45, 2.75) is 13.3 Å². The maximum atomic E-state index is 5.12. The monoisotopic (exact) mass is 336 g/mol. The van der Waals surface area contributed by atoms with Crippen LogP contribution >= 0.6 is 28.1 Å². The first-order valence-electron chi connectivity index (χ1n) is 5.83. The average molecular weight is 337 g/mol. The quantitative estimate of drug-likeness (QED) is 0.682. The zero-order chi connectivity index (χ0) is 13.7. The second-order valence-electron chi connectivity index (χ2n) is 3.79. The van der Waals surface area contributed by atoms with E-state index in [1.54, 1.807) is 10.9 Å². The number of halogens is 1. The van der Waals surface area contributed by atoms with E-state index < -0.39 is 0 Å². The smallest absolute Gasteiger partial charge is 0.216 e. The van der Waals surface area contributed by atoms with Gasteiger partial charge in [0.2, 0.25) is 4.77 Å². The van der Waals surface area contributed by atoms with Crippen LogP contribution in [0.15, 0.2) is 39.9 Å². The van der Waals surface area contributed by atoms with Gasteiger partial charge in [0.15, 0.2) is 5.82 Å². The van der Waals surface area contributed by atoms with Crippen molar-refractivity contribution in [3.05, 3.63) is 51.0 Å². The predicted molar refractivity (Wildman–Crippen MR) is 84.0 cm³/mol. The summed E-state index contributed by atoms with van der Waals surface area (Å²) in [6.45, 7) is 2.01. The van der Waals surface area contributed by atoms with Crippen molar-refractivity contribution in [3.63, 3.8) is 0 Å². The molecule has 0 aliphatic carbocycles. The van der Waals surface area contributed by atoms with Crippen molar-refractivity contribution >= 4 is 40.4 Å². The van der Waals surface area contributed by atoms with Gasteiger partial charge in [0.1, 0.15) is 0 Å². The Balaban J connectivity index is 2.21. The summed E-state index contributed by atoms with van der Waals surface area (Å²) in [5, 5.41) is 11.1. The lowest BCUT2D eigenvalue weighted by Gasteiger charge is -1.96. The van der Waals surface area contributed by atoms with Crippen LogP contribution in [0.4, 0.5) is 0 Å². The van der Waals surface area contributed by atoms with Gasteiger partial charge in [-0.1, -0.05) is 37.3 Å². The minimum absolute atomic E-state index is 0.494. The first-order valence-corrected chi connectivity index (χ1v) is 7.03. The Morgan fingerprint density at radius 1 is 1.47 bits per heavy atom. The summed E-state index contributed by atoms with van der Waals surface area (Å²) in [5.41, 5.74) is 1.10. The molecule has 19 heavy (non-hydrogen) atoms. The molecule has 0 unspecified atom stereocenters. The van der Waals surface area contributed by atoms with Gasteiger partial charge in [-0.2, -0.15) is 14.9 Å². The lowest BCUT2D eigenvalue weighted by molar-refractivity contribution is 0.780. The summed E-state index contributed by atoms with van der Waals surface area (Å²) in [4.78, 5) is 0. The molecular weight excluding hydrogens is 324 g/mol. The normalized spacial score (nSPS) is 12.2. The molecule has 0 spiro atoms. The first-order chi connectivity index (χ1) is 9.20. The van der Waals surface area contributed by atoms with E-state index in [2.05, 4.69) is 31.2 Å². The fourth-order valence-corrected chi connectivity index (χ4v) is 2.08. The van der Waals surface area contributed by atoms with Gasteiger partial charge in [0.25, 0.3) is 0 Å². The Bertz CT molecular complexity index is 655. The van der Waals surface area contributed by atoms with Gasteiger partial charge < -0.3 is 0 Å². The van der Waals surface area contributed by atoms with Crippen LogP contribution in [0.2, 0.25) is 0 Å². The molecule has 1 aromatic heterocycles. The van der Waals surface area contributed by atoms with Gasteiger partial charge in [-0.3, -0.25) is 5.10 Å². The third kappa shape index (κ3) is 3.71. The maximum absolute atomic E-state index is 5.12. The van der Waals surface area contributed by atoms with E-state index in [-0.39, 0.29) is 0 Å². The van der Waals surface area contributed by atoms with Crippen molar-refractivity contribution in [1.82, 2.24) is 14.9 Å². The number of hydrogen-bond acceptors (Lipinski definition) is 3. The van der Waals surface area contributed by atoms with E-state index in [4.69, 9.17) is 12.2 Å². The van der Waals surface area contributed by atoms with Crippen LogP contribution in [0.5, 0.6) is 0 Å². The Labute approximate surface area is 125 Å². The highest BCUT2D eigenvalue weighted by atomic mass is 79.9. The third-order valence-electron chi connectivity index (χ3n) is 2.43. The third-order valence-corrected chi connectivity index (χ3v) is 3.13. The molecule has 0 aliphatic heterocycles. The summed E-state index contributed by atoms with van der Waals surface area (Å²) in [7, 11) is 0. The summed E-state index contributed by atoms with van der Waals surface area (Å²) in [6.07, 6.45) is 4.46. The minimum Gasteiger partial charge on any atom is -0.250 e. The van der Waals surface area contributed by atoms with Gasteiger partial charge in [-0.25, -0.2) is 0 Å². The van der Waals surface area contributed by atoms with Crippen molar-refractivity contribution in [3.8, 4) is 0 Å². The Morgan fingerprint density at radius 2 is 2.21 bits per heavy atom. The van der Waals surface area contributed by atoms with E-state index in [1.165, 1.54) is 0 Å². The molecule has 0 fully saturated rings. The van der Waals surface area contributed by atoms with E-state index in [1.807, 2.05) is 43.3 Å². The Morgan fingerprint density at radius 3 is 2.89 bits per heavy atom. The van der Waals surface area contributed by atoms with Gasteiger partial charge >= 0.3 is 0 Å². The Hall–Kier alpha value is -1.53. The lowest BCUT2D eigenvalue weighted by atomic mass is 10.2. The molecule has 98 valence electrons. The number of nitrogens with zero attached hydrogens (tertiary/aromatic N) is 3. The summed E-state index contributed by atoms with van der Waals surface area (Å²) in [6, 6.07) is 10.0. The number of hydrogen-bond donors (Lipinski definition) is 1. The molecule has 0 atom stereocenters. The number of aromatic nitrogens is 3. The molecule has 1 N–H and O–H groups in total. The lowest BCUT2D eigenvalue weighted by Crippen LogP contribution is -1.96. The van der Waals surface area contributed by atoms with Crippen LogP contribution in [-0.2, 0) is 6.42 Å². The zero-order valence-electron chi connectivity index (χ0n) is 10.4. The predicted octanol–water partition coefficient (Wildman–Crippen LogP) is 3.77. The maximum Gasteiger partial charge on any atom is 0.216 e. The fraction of sp³-hybridized carbons (Fsp3) is 0.154. The zero-order valence-corrected chi connectivity index (χ0v) is 12.8. The van der Waals surface area contributed by atoms with E-state index in [9.17, 15) is 0 Å². The fourth-order valence-electron chi connectivity index (χ4n) is 1.53. The number of allylic oxidation sites excluding steroid dienone is 1. The minimum atomic E-state index is 0.494. The second-order valence-corrected chi connectivity index (χ2v) is 5.10. The van der Waals surface area contributed by atoms with Crippen LogP contribution in [0, 0.1) is 4.77 Å². The summed E-state index contributed by atoms with van der Waals surface area (Å²) < 4.78 is 2.98. The number of rotatable bonds is 4. The number of benzene rings is 1. The largest absolute Gasteiger partial charge is 0.250 e. The molecule has 6 heteroatoms. The van der Waals surface area contributed by atoms with Gasteiger partial charge in [-0.05, 0) is 39.8 Å². The van der Waals surface area contributed by atoms with Crippen molar-refractivity contribution in [2.24, 2.45) is 5.10 Å². The van der Waals surface area contributed by atoms with Gasteiger partial charge in [-0.15, -0.1) is 0 Å². The summed E-state index contributed by atoms with van der Waals surface area (Å²) in [5.74, 6) is 0.807. The SMILES string of the molecule is CCc1n[nH]c(=S)n1/N=C\C(Br)=C\c1ccccc1. The van der Waals surface area contributed by atoms with E-state index >= 15 is 0 Å². The van der Waals surface area contributed by atoms with Crippen molar-refractivity contribution in [1.29, 1.82) is 0 Å². The average Bonchev–Trinajstić information content (AvgIpc) is 2.78. The van der Waals surface area contributed by atoms with Crippen LogP contribution in [0.3, 0.4) is 0 Å². The number of nitrogens with one attached hydrogen (secondary N) is 1. The van der Waals surface area contributed by atoms with Crippen molar-refractivity contribution in [2.75, 3.05) is 0 Å². The molecule has 0 bridgehead atoms. The molecular formula is C13H13BrN4S. The van der Waals surface area contributed by atoms with Crippen LogP contribution in [-0.4, -0.2) is 21.1 Å². The summed E-state index contributed by atoms with van der Waals surface area (Å²) >= 11 is 8.58. The molecule has 0 saturated heterocycles. The van der Waals surface area contributed by atoms with Crippen LogP contribution < -0.4 is 0 Å². The van der Waals surface area contributed by atoms with Crippen molar-refractivity contribution < 1.29 is 0 Å². The molecule has 2 rings (SSSR count). The molecule has 0 saturated carbocycles. The van der Waals surface area contributed by atoms with Crippen LogP contribution in [0.1, 0.15) is 18.3 Å². The number of aromatic amines is 1. The highest BCUT2D eigenvalue weighted by Gasteiger charge is 2.00. The topological polar surface area (TPSA) is 46.0 Å². The number of H-pyrrole nitrogens is 1. The molecule has 0 aliphatic rings. The molecule has 1 heterocycles. The number of aryl methyl sites for hydroxylation is 1. The second kappa shape index (κ2) is 6.58. The highest BCUT2D eigenvalue weighted by Crippen LogP contribution is 2.10. The molecule has 4 nitrogen and oxygen atoms in total. The van der Waals surface area contributed by atoms with Crippen LogP contribution in [0.25, 0.3) is 6.08 Å². The molecule has 0 radical (unpaired) electrons. The van der Waals surface area contributed by atoms with E-state index in [0.29, 0.717) is 4.77 Å². The highest BCUT2D eigenvalue weighted by molar-refractivity contribution is 9.12. The van der Waals surface area contributed by atoms with E-state index in [0.717, 1.165) is 22.3 Å². The molecule has 2 aromatic rings. The first kappa shape index (κ1) is 13.9.